The van der Waals surface area contributed by atoms with Crippen molar-refractivity contribution in [2.24, 2.45) is 17.8 Å². The second kappa shape index (κ2) is 12.9. The van der Waals surface area contributed by atoms with Gasteiger partial charge < -0.3 is 9.13 Å². The number of aromatic nitrogens is 2. The Kier molecular flexibility index (Phi) is 7.51. The highest BCUT2D eigenvalue weighted by molar-refractivity contribution is 5.95. The Morgan fingerprint density at radius 2 is 0.970 bits per heavy atom. The van der Waals surface area contributed by atoms with Gasteiger partial charge in [0.15, 0.2) is 0 Å². The summed E-state index contributed by atoms with van der Waals surface area (Å²) in [7, 11) is 0. The minimum atomic E-state index is -0.0919. The fraction of sp³-hybridized carbons (Fsp3) is 0.219. The van der Waals surface area contributed by atoms with E-state index in [2.05, 4.69) is 227 Å². The number of rotatable bonds is 3. The van der Waals surface area contributed by atoms with Gasteiger partial charge >= 0.3 is 0 Å². The molecule has 7 aromatic carbocycles. The molecular formula is C64H54N2. The summed E-state index contributed by atoms with van der Waals surface area (Å²) in [5.74, 6) is 1.04. The van der Waals surface area contributed by atoms with Crippen LogP contribution < -0.4 is 10.6 Å². The molecule has 5 aliphatic rings. The van der Waals surface area contributed by atoms with E-state index < -0.39 is 0 Å². The molecule has 0 radical (unpaired) electrons. The zero-order chi connectivity index (χ0) is 44.6. The van der Waals surface area contributed by atoms with E-state index in [-0.39, 0.29) is 16.2 Å². The Morgan fingerprint density at radius 1 is 0.455 bits per heavy atom. The van der Waals surface area contributed by atoms with Crippen LogP contribution in [-0.2, 0) is 22.7 Å². The van der Waals surface area contributed by atoms with Crippen LogP contribution in [0.25, 0.3) is 84.8 Å². The van der Waals surface area contributed by atoms with E-state index in [1.165, 1.54) is 122 Å². The summed E-state index contributed by atoms with van der Waals surface area (Å²) in [6.07, 6.45) is 11.3. The lowest BCUT2D eigenvalue weighted by Crippen LogP contribution is -2.37. The molecule has 0 saturated heterocycles. The van der Waals surface area contributed by atoms with Crippen molar-refractivity contribution < 1.29 is 0 Å². The van der Waals surface area contributed by atoms with Crippen LogP contribution in [0.2, 0.25) is 0 Å². The Morgan fingerprint density at radius 3 is 1.59 bits per heavy atom. The summed E-state index contributed by atoms with van der Waals surface area (Å²) >= 11 is 0. The SMILES string of the molecule is CC1C=c2c(c3cc4c(cc3n2-c2ccc3c(c2)C(C)(C)c2ccccc2-3)C(C)(C)c2ccccc2-4)=CC1C1C=Cc2c(c3ccccc3n2-c2ccc3c(c2)C(C)(C)c2ccccc2-3)C1. The molecular weight excluding hydrogens is 797 g/mol. The molecule has 66 heavy (non-hydrogen) atoms. The molecule has 0 bridgehead atoms. The summed E-state index contributed by atoms with van der Waals surface area (Å²) in [5.41, 5.74) is 24.4. The van der Waals surface area contributed by atoms with E-state index in [9.17, 15) is 0 Å². The van der Waals surface area contributed by atoms with Crippen molar-refractivity contribution in [3.05, 3.63) is 207 Å². The summed E-state index contributed by atoms with van der Waals surface area (Å²) in [5, 5.41) is 5.43. The molecule has 0 fully saturated rings. The number of fused-ring (bicyclic) bond motifs is 15. The van der Waals surface area contributed by atoms with Crippen molar-refractivity contribution in [3.63, 3.8) is 0 Å². The van der Waals surface area contributed by atoms with Gasteiger partial charge in [-0.3, -0.25) is 0 Å². The quantitative estimate of drug-likeness (QED) is 0.168. The van der Waals surface area contributed by atoms with Crippen LogP contribution in [0.5, 0.6) is 0 Å². The first-order chi connectivity index (χ1) is 31.9. The highest BCUT2D eigenvalue weighted by Gasteiger charge is 2.40. The molecule has 2 nitrogen and oxygen atoms in total. The highest BCUT2D eigenvalue weighted by Crippen LogP contribution is 2.53. The van der Waals surface area contributed by atoms with E-state index >= 15 is 0 Å². The molecule has 2 aromatic heterocycles. The smallest absolute Gasteiger partial charge is 0.0544 e. The van der Waals surface area contributed by atoms with Crippen molar-refractivity contribution in [2.75, 3.05) is 0 Å². The van der Waals surface area contributed by atoms with E-state index in [1.54, 1.807) is 0 Å². The van der Waals surface area contributed by atoms with Gasteiger partial charge in [0.25, 0.3) is 0 Å². The van der Waals surface area contributed by atoms with E-state index in [0.717, 1.165) is 6.42 Å². The molecule has 2 heterocycles. The zero-order valence-electron chi connectivity index (χ0n) is 39.0. The first-order valence-corrected chi connectivity index (χ1v) is 24.2. The zero-order valence-corrected chi connectivity index (χ0v) is 39.0. The molecule has 0 spiro atoms. The number of allylic oxidation sites excluding steroid dienone is 1. The van der Waals surface area contributed by atoms with Crippen molar-refractivity contribution in [3.8, 4) is 44.8 Å². The van der Waals surface area contributed by atoms with Gasteiger partial charge in [-0.2, -0.15) is 0 Å². The Labute approximate surface area is 387 Å². The number of hydrogen-bond acceptors (Lipinski definition) is 0. The molecule has 0 amide bonds. The van der Waals surface area contributed by atoms with Gasteiger partial charge in [0, 0.05) is 49.3 Å². The number of benzene rings is 7. The van der Waals surface area contributed by atoms with Crippen LogP contribution in [0, 0.1) is 17.8 Å². The lowest BCUT2D eigenvalue weighted by Gasteiger charge is -2.30. The predicted octanol–water partition coefficient (Wildman–Crippen LogP) is 14.2. The van der Waals surface area contributed by atoms with Gasteiger partial charge in [-0.05, 0) is 145 Å². The first kappa shape index (κ1) is 38.4. The third-order valence-electron chi connectivity index (χ3n) is 17.2. The summed E-state index contributed by atoms with van der Waals surface area (Å²) < 4.78 is 5.16. The molecule has 0 N–H and O–H groups in total. The lowest BCUT2D eigenvalue weighted by molar-refractivity contribution is 0.422. The highest BCUT2D eigenvalue weighted by atomic mass is 15.0. The average molecular weight is 851 g/mol. The first-order valence-electron chi connectivity index (χ1n) is 24.2. The van der Waals surface area contributed by atoms with E-state index in [1.807, 2.05) is 0 Å². The van der Waals surface area contributed by atoms with Crippen LogP contribution in [-0.4, -0.2) is 9.13 Å². The Hall–Kier alpha value is -6.90. The molecule has 9 aromatic rings. The van der Waals surface area contributed by atoms with Gasteiger partial charge in [0.05, 0.1) is 16.4 Å². The van der Waals surface area contributed by atoms with Gasteiger partial charge in [-0.25, -0.2) is 0 Å². The summed E-state index contributed by atoms with van der Waals surface area (Å²) in [6, 6.07) is 55.8. The normalized spacial score (nSPS) is 20.4. The van der Waals surface area contributed by atoms with Gasteiger partial charge in [-0.15, -0.1) is 0 Å². The third kappa shape index (κ3) is 4.87. The summed E-state index contributed by atoms with van der Waals surface area (Å²) in [4.78, 5) is 0. The maximum atomic E-state index is 2.68. The fourth-order valence-corrected chi connectivity index (χ4v) is 13.8. The fourth-order valence-electron chi connectivity index (χ4n) is 13.8. The Balaban J connectivity index is 0.927. The van der Waals surface area contributed by atoms with Crippen LogP contribution in [0.15, 0.2) is 152 Å². The summed E-state index contributed by atoms with van der Waals surface area (Å²) in [6.45, 7) is 16.8. The maximum Gasteiger partial charge on any atom is 0.0544 e. The van der Waals surface area contributed by atoms with Crippen LogP contribution >= 0.6 is 0 Å². The second-order valence-electron chi connectivity index (χ2n) is 21.7. The maximum absolute atomic E-state index is 2.68. The average Bonchev–Trinajstić information content (AvgIpc) is 4.03. The molecule has 5 aliphatic carbocycles. The van der Waals surface area contributed by atoms with Crippen LogP contribution in [0.1, 0.15) is 93.1 Å². The molecule has 2 heteroatoms. The minimum absolute atomic E-state index is 0.0556. The van der Waals surface area contributed by atoms with Crippen molar-refractivity contribution in [1.82, 2.24) is 9.13 Å². The standard InChI is InChI=1S/C64H54N2/c1-37-30-60-50(34-47(37)38-24-29-59-49(31-38)46-19-11-15-23-58(46)65(59)39-25-27-44-41-16-8-12-20-52(41)62(2,3)55(44)32-39)51-35-48-43-18-10-14-22-54(43)64(6,7)57(48)36-61(51)66(60)40-26-28-45-42-17-9-13-21-53(42)63(4,5)56(45)33-40/h8-30,32-38,47H,31H2,1-7H3. The second-order valence-corrected chi connectivity index (χ2v) is 21.7. The lowest BCUT2D eigenvalue weighted by atomic mass is 9.74. The molecule has 320 valence electrons. The van der Waals surface area contributed by atoms with Crippen molar-refractivity contribution in [2.45, 2.75) is 71.1 Å². The van der Waals surface area contributed by atoms with E-state index in [0.29, 0.717) is 17.8 Å². The minimum Gasteiger partial charge on any atom is -0.310 e. The van der Waals surface area contributed by atoms with E-state index in [4.69, 9.17) is 0 Å². The third-order valence-corrected chi connectivity index (χ3v) is 17.2. The molecule has 3 atom stereocenters. The van der Waals surface area contributed by atoms with Gasteiger partial charge in [-0.1, -0.05) is 170 Å². The largest absolute Gasteiger partial charge is 0.310 e. The topological polar surface area (TPSA) is 9.86 Å². The van der Waals surface area contributed by atoms with Gasteiger partial charge in [0.1, 0.15) is 0 Å². The van der Waals surface area contributed by atoms with Crippen LogP contribution in [0.3, 0.4) is 0 Å². The Bertz CT molecular complexity index is 3800. The molecule has 0 aliphatic heterocycles. The number of para-hydroxylation sites is 1. The molecule has 14 rings (SSSR count). The monoisotopic (exact) mass is 850 g/mol. The molecule has 0 saturated carbocycles. The van der Waals surface area contributed by atoms with Crippen molar-refractivity contribution >= 4 is 40.0 Å². The molecule has 3 unspecified atom stereocenters. The van der Waals surface area contributed by atoms with Crippen LogP contribution in [0.4, 0.5) is 0 Å². The van der Waals surface area contributed by atoms with Gasteiger partial charge in [0.2, 0.25) is 0 Å². The van der Waals surface area contributed by atoms with Crippen molar-refractivity contribution in [1.29, 1.82) is 0 Å². The number of hydrogen-bond donors (Lipinski definition) is 0. The predicted molar refractivity (Wildman–Crippen MR) is 276 cm³/mol. The number of nitrogens with zero attached hydrogens (tertiary/aromatic N) is 2.